The van der Waals surface area contributed by atoms with Crippen molar-refractivity contribution in [3.8, 4) is 23.0 Å². The van der Waals surface area contributed by atoms with E-state index in [9.17, 15) is 14.4 Å². The molecule has 2 aliphatic rings. The molecule has 0 aromatic heterocycles. The van der Waals surface area contributed by atoms with Crippen molar-refractivity contribution in [1.29, 1.82) is 0 Å². The lowest BCUT2D eigenvalue weighted by Gasteiger charge is -2.36. The van der Waals surface area contributed by atoms with Crippen molar-refractivity contribution in [2.75, 3.05) is 10.7 Å². The minimum Gasteiger partial charge on any atom is -0.456 e. The number of rotatable bonds is 4. The molecular weight excluding hydrogens is 560 g/mol. The quantitative estimate of drug-likeness (QED) is 0.250. The van der Waals surface area contributed by atoms with E-state index in [1.54, 1.807) is 48.5 Å². The summed E-state index contributed by atoms with van der Waals surface area (Å²) < 4.78 is 22.8. The minimum atomic E-state index is -1.27. The van der Waals surface area contributed by atoms with E-state index in [0.29, 0.717) is 33.8 Å². The highest BCUT2D eigenvalue weighted by Gasteiger charge is 2.53. The molecule has 0 fully saturated rings. The first-order valence-electron chi connectivity index (χ1n) is 9.79. The van der Waals surface area contributed by atoms with Gasteiger partial charge in [0.2, 0.25) is 0 Å². The summed E-state index contributed by atoms with van der Waals surface area (Å²) in [5.41, 5.74) is 0.998. The molecule has 5 rings (SSSR count). The molecule has 0 radical (unpaired) electrons. The second kappa shape index (κ2) is 8.31. The predicted octanol–water partition coefficient (Wildman–Crippen LogP) is 4.86. The van der Waals surface area contributed by atoms with Gasteiger partial charge in [-0.1, -0.05) is 50.1 Å². The zero-order valence-corrected chi connectivity index (χ0v) is 20.0. The summed E-state index contributed by atoms with van der Waals surface area (Å²) in [5.74, 6) is -0.168. The van der Waals surface area contributed by atoms with Gasteiger partial charge in [-0.3, -0.25) is 9.59 Å². The molecule has 2 heterocycles. The third-order valence-corrected chi connectivity index (χ3v) is 6.25. The van der Waals surface area contributed by atoms with Crippen molar-refractivity contribution in [2.45, 2.75) is 5.60 Å². The molecule has 9 heteroatoms. The second-order valence-corrected chi connectivity index (χ2v) is 8.37. The maximum Gasteiger partial charge on any atom is 0.340 e. The van der Waals surface area contributed by atoms with E-state index in [4.69, 9.17) is 18.9 Å². The lowest BCUT2D eigenvalue weighted by molar-refractivity contribution is -0.132. The van der Waals surface area contributed by atoms with Crippen LogP contribution in [0.1, 0.15) is 27.0 Å². The van der Waals surface area contributed by atoms with Gasteiger partial charge in [0.15, 0.2) is 5.60 Å². The Morgan fingerprint density at radius 3 is 1.88 bits per heavy atom. The van der Waals surface area contributed by atoms with Crippen LogP contribution in [-0.4, -0.2) is 28.6 Å². The highest BCUT2D eigenvalue weighted by Crippen LogP contribution is 2.57. The van der Waals surface area contributed by atoms with E-state index in [0.717, 1.165) is 0 Å². The molecule has 2 aliphatic heterocycles. The number of halogens is 2. The van der Waals surface area contributed by atoms with E-state index < -0.39 is 23.5 Å². The van der Waals surface area contributed by atoms with E-state index >= 15 is 0 Å². The highest BCUT2D eigenvalue weighted by molar-refractivity contribution is 9.09. The molecule has 0 bridgehead atoms. The second-order valence-electron chi connectivity index (χ2n) is 7.25. The molecule has 0 saturated heterocycles. The fourth-order valence-electron chi connectivity index (χ4n) is 4.08. The summed E-state index contributed by atoms with van der Waals surface area (Å²) >= 11 is 6.13. The lowest BCUT2D eigenvalue weighted by atomic mass is 9.77. The normalized spacial score (nSPS) is 14.4. The van der Waals surface area contributed by atoms with Crippen LogP contribution in [0.5, 0.6) is 23.0 Å². The number of hydrogen-bond acceptors (Lipinski definition) is 7. The van der Waals surface area contributed by atoms with Crippen molar-refractivity contribution in [2.24, 2.45) is 0 Å². The monoisotopic (exact) mass is 572 g/mol. The maximum absolute atomic E-state index is 12.8. The number of esters is 3. The molecule has 0 saturated carbocycles. The summed E-state index contributed by atoms with van der Waals surface area (Å²) in [5, 5.41) is 0.0655. The van der Waals surface area contributed by atoms with Gasteiger partial charge in [0, 0.05) is 28.8 Å². The smallest absolute Gasteiger partial charge is 0.340 e. The average Bonchev–Trinajstić information content (AvgIpc) is 3.11. The fourth-order valence-corrected chi connectivity index (χ4v) is 4.31. The summed E-state index contributed by atoms with van der Waals surface area (Å²) in [6.07, 6.45) is 0. The summed E-state index contributed by atoms with van der Waals surface area (Å²) in [6, 6.07) is 16.9. The zero-order valence-electron chi connectivity index (χ0n) is 16.8. The van der Waals surface area contributed by atoms with Gasteiger partial charge in [0.1, 0.15) is 33.7 Å². The summed E-state index contributed by atoms with van der Waals surface area (Å²) in [4.78, 5) is 36.3. The molecule has 7 nitrogen and oxygen atoms in total. The predicted molar refractivity (Wildman–Crippen MR) is 124 cm³/mol. The zero-order chi connectivity index (χ0) is 23.2. The standard InChI is InChI=1S/C24H14Br2O7/c25-11-21(27)30-13-5-7-17-19(9-13)32-20-10-14(31-22(28)12-26)6-8-18(20)24(17)16-4-2-1-3-15(16)23(29)33-24/h1-10H,11-12H2. The molecule has 0 N–H and O–H groups in total. The van der Waals surface area contributed by atoms with Crippen LogP contribution in [0.4, 0.5) is 0 Å². The summed E-state index contributed by atoms with van der Waals surface area (Å²) in [6.45, 7) is 0. The van der Waals surface area contributed by atoms with Crippen LogP contribution in [0.25, 0.3) is 0 Å². The number of carbonyl (C=O) groups is 3. The van der Waals surface area contributed by atoms with Crippen LogP contribution in [-0.2, 0) is 19.9 Å². The van der Waals surface area contributed by atoms with E-state index in [2.05, 4.69) is 31.9 Å². The van der Waals surface area contributed by atoms with Gasteiger partial charge in [-0.05, 0) is 30.3 Å². The topological polar surface area (TPSA) is 88.1 Å². The highest BCUT2D eigenvalue weighted by atomic mass is 79.9. The van der Waals surface area contributed by atoms with Gasteiger partial charge < -0.3 is 18.9 Å². The van der Waals surface area contributed by atoms with E-state index in [-0.39, 0.29) is 22.2 Å². The third-order valence-electron chi connectivity index (χ3n) is 5.34. The Morgan fingerprint density at radius 2 is 1.33 bits per heavy atom. The molecule has 33 heavy (non-hydrogen) atoms. The summed E-state index contributed by atoms with van der Waals surface area (Å²) in [7, 11) is 0. The number of alkyl halides is 2. The van der Waals surface area contributed by atoms with Crippen molar-refractivity contribution < 1.29 is 33.3 Å². The van der Waals surface area contributed by atoms with E-state index in [1.807, 2.05) is 12.1 Å². The first-order valence-corrected chi connectivity index (χ1v) is 12.0. The Labute approximate surface area is 204 Å². The van der Waals surface area contributed by atoms with Crippen molar-refractivity contribution in [1.82, 2.24) is 0 Å². The molecule has 0 unspecified atom stereocenters. The molecule has 3 aromatic rings. The molecule has 3 aromatic carbocycles. The Bertz CT molecular complexity index is 1250. The van der Waals surface area contributed by atoms with Gasteiger partial charge in [-0.15, -0.1) is 0 Å². The largest absolute Gasteiger partial charge is 0.456 e. The van der Waals surface area contributed by atoms with Crippen LogP contribution in [0.2, 0.25) is 0 Å². The Hall–Kier alpha value is -3.17. The first-order chi connectivity index (χ1) is 16.0. The lowest BCUT2D eigenvalue weighted by Crippen LogP contribution is -2.33. The maximum atomic E-state index is 12.8. The molecule has 1 spiro atoms. The fraction of sp³-hybridized carbons (Fsp3) is 0.125. The molecule has 0 aliphatic carbocycles. The van der Waals surface area contributed by atoms with Crippen LogP contribution >= 0.6 is 31.9 Å². The Balaban J connectivity index is 1.71. The minimum absolute atomic E-state index is 0.0327. The Morgan fingerprint density at radius 1 is 0.788 bits per heavy atom. The van der Waals surface area contributed by atoms with Crippen LogP contribution in [0.3, 0.4) is 0 Å². The number of benzene rings is 3. The average molecular weight is 574 g/mol. The molecule has 0 atom stereocenters. The van der Waals surface area contributed by atoms with Gasteiger partial charge >= 0.3 is 17.9 Å². The van der Waals surface area contributed by atoms with Gasteiger partial charge in [-0.2, -0.15) is 0 Å². The molecule has 0 amide bonds. The van der Waals surface area contributed by atoms with Gasteiger partial charge in [-0.25, -0.2) is 4.79 Å². The van der Waals surface area contributed by atoms with Gasteiger partial charge in [0.05, 0.1) is 5.56 Å². The van der Waals surface area contributed by atoms with Crippen LogP contribution in [0.15, 0.2) is 60.7 Å². The molecule has 166 valence electrons. The van der Waals surface area contributed by atoms with Crippen molar-refractivity contribution >= 4 is 49.8 Å². The number of ether oxygens (including phenoxy) is 4. The third kappa shape index (κ3) is 3.52. The number of carbonyl (C=O) groups excluding carboxylic acids is 3. The SMILES string of the molecule is O=C(CBr)Oc1ccc2c(c1)Oc1cc(OC(=O)CBr)ccc1C21OC(=O)c2ccccc21. The van der Waals surface area contributed by atoms with Crippen LogP contribution < -0.4 is 14.2 Å². The Kier molecular flexibility index (Phi) is 5.46. The van der Waals surface area contributed by atoms with Crippen molar-refractivity contribution in [3.05, 3.63) is 82.9 Å². The number of fused-ring (bicyclic) bond motifs is 6. The van der Waals surface area contributed by atoms with E-state index in [1.165, 1.54) is 0 Å². The van der Waals surface area contributed by atoms with Crippen LogP contribution in [0, 0.1) is 0 Å². The van der Waals surface area contributed by atoms with Gasteiger partial charge in [0.25, 0.3) is 0 Å². The number of hydrogen-bond donors (Lipinski definition) is 0. The first kappa shape index (κ1) is 21.7. The molecular formula is C24H14Br2O7. The van der Waals surface area contributed by atoms with Crippen molar-refractivity contribution in [3.63, 3.8) is 0 Å².